The highest BCUT2D eigenvalue weighted by Crippen LogP contribution is 2.42. The van der Waals surface area contributed by atoms with E-state index >= 15 is 0 Å². The first kappa shape index (κ1) is 19.9. The zero-order valence-corrected chi connectivity index (χ0v) is 18.4. The second-order valence-electron chi connectivity index (χ2n) is 7.54. The van der Waals surface area contributed by atoms with E-state index < -0.39 is 0 Å². The van der Waals surface area contributed by atoms with E-state index in [4.69, 9.17) is 24.2 Å². The van der Waals surface area contributed by atoms with Gasteiger partial charge in [0.1, 0.15) is 0 Å². The van der Waals surface area contributed by atoms with E-state index in [1.807, 2.05) is 36.4 Å². The summed E-state index contributed by atoms with van der Waals surface area (Å²) in [7, 11) is 4.84. The van der Waals surface area contributed by atoms with Crippen molar-refractivity contribution < 1.29 is 14.2 Å². The van der Waals surface area contributed by atoms with Gasteiger partial charge in [0.15, 0.2) is 11.5 Å². The second kappa shape index (κ2) is 7.89. The monoisotopic (exact) mass is 425 g/mol. The summed E-state index contributed by atoms with van der Waals surface area (Å²) in [5, 5.41) is 0. The van der Waals surface area contributed by atoms with Crippen LogP contribution in [-0.4, -0.2) is 35.7 Å². The quantitative estimate of drug-likeness (QED) is 0.369. The molecule has 0 fully saturated rings. The topological polar surface area (TPSA) is 57.9 Å². The molecule has 6 nitrogen and oxygen atoms in total. The molecule has 5 rings (SSSR count). The number of aromatic nitrogens is 3. The van der Waals surface area contributed by atoms with Crippen molar-refractivity contribution in [3.05, 3.63) is 72.3 Å². The first-order valence-electron chi connectivity index (χ1n) is 10.3. The molecule has 0 unspecified atom stereocenters. The van der Waals surface area contributed by atoms with E-state index in [2.05, 4.69) is 41.7 Å². The number of ether oxygens (including phenoxy) is 3. The number of benzene rings is 3. The maximum Gasteiger partial charge on any atom is 0.235 e. The van der Waals surface area contributed by atoms with Crippen LogP contribution in [0.25, 0.3) is 39.3 Å². The van der Waals surface area contributed by atoms with Gasteiger partial charge < -0.3 is 14.2 Å². The number of imidazole rings is 1. The molecule has 0 aliphatic carbocycles. The van der Waals surface area contributed by atoms with Crippen molar-refractivity contribution in [1.29, 1.82) is 0 Å². The first-order valence-corrected chi connectivity index (χ1v) is 10.3. The van der Waals surface area contributed by atoms with Gasteiger partial charge in [0.25, 0.3) is 0 Å². The molecule has 0 radical (unpaired) electrons. The molecule has 0 amide bonds. The van der Waals surface area contributed by atoms with Gasteiger partial charge in [-0.15, -0.1) is 0 Å². The summed E-state index contributed by atoms with van der Waals surface area (Å²) in [4.78, 5) is 9.67. The maximum absolute atomic E-state index is 5.60. The van der Waals surface area contributed by atoms with Crippen LogP contribution in [0.4, 0.5) is 0 Å². The van der Waals surface area contributed by atoms with Gasteiger partial charge in [-0.1, -0.05) is 42.0 Å². The summed E-state index contributed by atoms with van der Waals surface area (Å²) < 4.78 is 18.8. The molecule has 5 aromatic rings. The molecule has 6 heteroatoms. The molecule has 0 aliphatic rings. The molecule has 2 aromatic heterocycles. The normalized spacial score (nSPS) is 11.1. The van der Waals surface area contributed by atoms with Gasteiger partial charge in [-0.25, -0.2) is 9.97 Å². The van der Waals surface area contributed by atoms with Crippen LogP contribution in [0.2, 0.25) is 0 Å². The number of para-hydroxylation sites is 2. The Hall–Kier alpha value is -4.06. The fourth-order valence-electron chi connectivity index (χ4n) is 3.97. The molecule has 2 heterocycles. The van der Waals surface area contributed by atoms with Crippen LogP contribution < -0.4 is 14.2 Å². The van der Waals surface area contributed by atoms with Crippen molar-refractivity contribution in [3.63, 3.8) is 0 Å². The van der Waals surface area contributed by atoms with Crippen molar-refractivity contribution in [2.75, 3.05) is 21.3 Å². The Labute approximate surface area is 186 Å². The largest absolute Gasteiger partial charge is 0.493 e. The third-order valence-corrected chi connectivity index (χ3v) is 5.59. The molecular weight excluding hydrogens is 402 g/mol. The molecule has 0 aliphatic heterocycles. The number of aryl methyl sites for hydroxylation is 1. The average molecular weight is 425 g/mol. The lowest BCUT2D eigenvalue weighted by Crippen LogP contribution is -2.00. The van der Waals surface area contributed by atoms with Gasteiger partial charge in [0.2, 0.25) is 11.5 Å². The number of rotatable bonds is 5. The number of nitrogens with zero attached hydrogens (tertiary/aromatic N) is 3. The molecule has 0 saturated heterocycles. The second-order valence-corrected chi connectivity index (χ2v) is 7.54. The predicted molar refractivity (Wildman–Crippen MR) is 126 cm³/mol. The number of fused-ring (bicyclic) bond motifs is 3. The Morgan fingerprint density at radius 1 is 0.719 bits per heavy atom. The van der Waals surface area contributed by atoms with Gasteiger partial charge in [-0.3, -0.25) is 4.40 Å². The number of methoxy groups -OCH3 is 3. The average Bonchev–Trinajstić information content (AvgIpc) is 3.21. The lowest BCUT2D eigenvalue weighted by atomic mass is 10.1. The van der Waals surface area contributed by atoms with Crippen molar-refractivity contribution in [2.24, 2.45) is 0 Å². The van der Waals surface area contributed by atoms with Crippen LogP contribution in [0.3, 0.4) is 0 Å². The lowest BCUT2D eigenvalue weighted by molar-refractivity contribution is 0.324. The molecule has 160 valence electrons. The van der Waals surface area contributed by atoms with E-state index in [9.17, 15) is 0 Å². The van der Waals surface area contributed by atoms with Gasteiger partial charge >= 0.3 is 0 Å². The highest BCUT2D eigenvalue weighted by molar-refractivity contribution is 5.85. The Morgan fingerprint density at radius 3 is 2.06 bits per heavy atom. The number of hydrogen-bond donors (Lipinski definition) is 0. The van der Waals surface area contributed by atoms with E-state index in [-0.39, 0.29) is 0 Å². The van der Waals surface area contributed by atoms with Gasteiger partial charge in [0, 0.05) is 11.1 Å². The Morgan fingerprint density at radius 2 is 1.41 bits per heavy atom. The highest BCUT2D eigenvalue weighted by Gasteiger charge is 2.19. The fourth-order valence-corrected chi connectivity index (χ4v) is 3.97. The highest BCUT2D eigenvalue weighted by atomic mass is 16.5. The van der Waals surface area contributed by atoms with Crippen molar-refractivity contribution >= 4 is 16.8 Å². The summed E-state index contributed by atoms with van der Waals surface area (Å²) in [6, 6.07) is 22.3. The zero-order valence-electron chi connectivity index (χ0n) is 18.4. The summed E-state index contributed by atoms with van der Waals surface area (Å²) >= 11 is 0. The molecule has 0 spiro atoms. The molecule has 0 N–H and O–H groups in total. The molecule has 3 aromatic carbocycles. The SMILES string of the molecule is COc1cc(-c2cc(-c3ccc(C)cc3)nc3nc4ccccc4n23)cc(OC)c1OC. The molecule has 0 bridgehead atoms. The van der Waals surface area contributed by atoms with Crippen LogP contribution in [0.5, 0.6) is 17.2 Å². The van der Waals surface area contributed by atoms with E-state index in [1.165, 1.54) is 5.56 Å². The summed E-state index contributed by atoms with van der Waals surface area (Å²) in [5.41, 5.74) is 6.77. The minimum Gasteiger partial charge on any atom is -0.493 e. The first-order chi connectivity index (χ1) is 15.6. The Kier molecular flexibility index (Phi) is 4.90. The van der Waals surface area contributed by atoms with Crippen LogP contribution in [0.1, 0.15) is 5.56 Å². The van der Waals surface area contributed by atoms with Crippen LogP contribution in [0.15, 0.2) is 66.7 Å². The third-order valence-electron chi connectivity index (χ3n) is 5.59. The van der Waals surface area contributed by atoms with Crippen molar-refractivity contribution in [2.45, 2.75) is 6.92 Å². The van der Waals surface area contributed by atoms with E-state index in [0.29, 0.717) is 23.0 Å². The fraction of sp³-hybridized carbons (Fsp3) is 0.154. The zero-order chi connectivity index (χ0) is 22.2. The smallest absolute Gasteiger partial charge is 0.235 e. The summed E-state index contributed by atoms with van der Waals surface area (Å²) in [6.07, 6.45) is 0. The van der Waals surface area contributed by atoms with E-state index in [0.717, 1.165) is 33.5 Å². The van der Waals surface area contributed by atoms with Crippen LogP contribution >= 0.6 is 0 Å². The standard InChI is InChI=1S/C26H23N3O3/c1-16-9-11-17(12-10-16)20-15-22(18-13-23(30-2)25(32-4)24(14-18)31-3)29-21-8-6-5-7-19(21)27-26(29)28-20/h5-15H,1-4H3. The molecule has 0 saturated carbocycles. The Balaban J connectivity index is 1.86. The molecular formula is C26H23N3O3. The van der Waals surface area contributed by atoms with Crippen LogP contribution in [-0.2, 0) is 0 Å². The van der Waals surface area contributed by atoms with Gasteiger partial charge in [-0.05, 0) is 37.3 Å². The minimum atomic E-state index is 0.554. The Bertz CT molecular complexity index is 1410. The van der Waals surface area contributed by atoms with Gasteiger partial charge in [-0.2, -0.15) is 0 Å². The number of hydrogen-bond acceptors (Lipinski definition) is 5. The van der Waals surface area contributed by atoms with Gasteiger partial charge in [0.05, 0.1) is 43.8 Å². The minimum absolute atomic E-state index is 0.554. The predicted octanol–water partition coefficient (Wildman–Crippen LogP) is 5.55. The van der Waals surface area contributed by atoms with Crippen molar-refractivity contribution in [1.82, 2.24) is 14.4 Å². The lowest BCUT2D eigenvalue weighted by Gasteiger charge is -2.16. The third kappa shape index (κ3) is 3.21. The van der Waals surface area contributed by atoms with Crippen molar-refractivity contribution in [3.8, 4) is 39.8 Å². The molecule has 32 heavy (non-hydrogen) atoms. The van der Waals surface area contributed by atoms with Crippen LogP contribution in [0, 0.1) is 6.92 Å². The summed E-state index contributed by atoms with van der Waals surface area (Å²) in [6.45, 7) is 2.07. The molecule has 0 atom stereocenters. The summed E-state index contributed by atoms with van der Waals surface area (Å²) in [5.74, 6) is 2.37. The maximum atomic E-state index is 5.60. The van der Waals surface area contributed by atoms with E-state index in [1.54, 1.807) is 21.3 Å².